The van der Waals surface area contributed by atoms with Crippen molar-refractivity contribution in [1.82, 2.24) is 0 Å². The molecule has 2 aromatic rings. The van der Waals surface area contributed by atoms with Crippen molar-refractivity contribution >= 4 is 107 Å². The van der Waals surface area contributed by atoms with Gasteiger partial charge in [0, 0.05) is 42.6 Å². The van der Waals surface area contributed by atoms with E-state index < -0.39 is 0 Å². The van der Waals surface area contributed by atoms with Crippen LogP contribution in [0, 0.1) is 14.3 Å². The first kappa shape index (κ1) is 19.4. The molecule has 0 aromatic heterocycles. The number of halogens is 4. The molecule has 24 heavy (non-hydrogen) atoms. The van der Waals surface area contributed by atoms with Crippen LogP contribution >= 0.6 is 90.4 Å². The Morgan fingerprint density at radius 1 is 0.792 bits per heavy atom. The van der Waals surface area contributed by atoms with Crippen LogP contribution in [0.3, 0.4) is 0 Å². The summed E-state index contributed by atoms with van der Waals surface area (Å²) in [6, 6.07) is 0. The summed E-state index contributed by atoms with van der Waals surface area (Å²) in [5.74, 6) is 2.15. The molecule has 0 aliphatic carbocycles. The maximum Gasteiger partial charge on any atom is 0.315 e. The van der Waals surface area contributed by atoms with Crippen LogP contribution in [0.2, 0.25) is 0 Å². The average Bonchev–Trinajstić information content (AvgIpc) is 3.13. The molecular weight excluding hydrogens is 760 g/mol. The Balaban J connectivity index is 0.000000815. The fourth-order valence-electron chi connectivity index (χ4n) is 2.84. The van der Waals surface area contributed by atoms with E-state index in [0.29, 0.717) is 12.2 Å². The predicted molar refractivity (Wildman–Crippen MR) is 129 cm³/mol. The van der Waals surface area contributed by atoms with E-state index >= 15 is 0 Å². The Hall–Kier alpha value is 0.630. The lowest BCUT2D eigenvalue weighted by molar-refractivity contribution is -0.131. The predicted octanol–water partition coefficient (Wildman–Crippen LogP) is 6.19. The van der Waals surface area contributed by atoms with E-state index in [4.69, 9.17) is 9.47 Å². The van der Waals surface area contributed by atoms with Crippen LogP contribution in [0.15, 0.2) is 12.3 Å². The third-order valence-electron chi connectivity index (χ3n) is 3.76. The Labute approximate surface area is 194 Å². The van der Waals surface area contributed by atoms with Gasteiger partial charge in [0.1, 0.15) is 17.3 Å². The van der Waals surface area contributed by atoms with Gasteiger partial charge in [-0.15, -0.1) is 0 Å². The summed E-state index contributed by atoms with van der Waals surface area (Å²) in [7, 11) is 0. The Bertz CT molecular complexity index is 843. The van der Waals surface area contributed by atoms with Crippen LogP contribution in [0.1, 0.15) is 25.0 Å². The molecule has 0 atom stereocenters. The molecule has 126 valence electrons. The molecule has 4 rings (SSSR count). The molecule has 7 heteroatoms. The van der Waals surface area contributed by atoms with Gasteiger partial charge < -0.3 is 9.47 Å². The number of fused-ring (bicyclic) bond motifs is 5. The normalized spacial score (nSPS) is 14.8. The number of hydrogen-bond donors (Lipinski definition) is 0. The number of carbonyl (C=O) groups is 1. The average molecular weight is 772 g/mol. The lowest BCUT2D eigenvalue weighted by Crippen LogP contribution is -2.01. The van der Waals surface area contributed by atoms with Gasteiger partial charge in [-0.1, -0.05) is 20.4 Å². The van der Waals surface area contributed by atoms with Crippen LogP contribution in [-0.4, -0.2) is 5.97 Å². The van der Waals surface area contributed by atoms with Crippen LogP contribution < -0.4 is 9.47 Å². The minimum Gasteiger partial charge on any atom is -0.461 e. The highest BCUT2D eigenvalue weighted by molar-refractivity contribution is 14.1. The van der Waals surface area contributed by atoms with Crippen LogP contribution in [0.25, 0.3) is 10.8 Å². The largest absolute Gasteiger partial charge is 0.461 e. The number of benzene rings is 2. The van der Waals surface area contributed by atoms with E-state index in [0.717, 1.165) is 48.5 Å². The van der Waals surface area contributed by atoms with Crippen LogP contribution in [0.4, 0.5) is 0 Å². The summed E-state index contributed by atoms with van der Waals surface area (Å²) < 4.78 is 15.9. The number of hydrogen-bond acceptors (Lipinski definition) is 3. The molecule has 0 saturated heterocycles. The molecule has 0 bridgehead atoms. The van der Waals surface area contributed by atoms with E-state index in [9.17, 15) is 4.79 Å². The molecule has 0 spiro atoms. The van der Waals surface area contributed by atoms with Gasteiger partial charge in [-0.3, -0.25) is 4.79 Å². The van der Waals surface area contributed by atoms with Crippen molar-refractivity contribution in [1.29, 1.82) is 0 Å². The molecule has 0 unspecified atom stereocenters. The third kappa shape index (κ3) is 2.88. The molecule has 0 fully saturated rings. The molecule has 0 N–H and O–H groups in total. The van der Waals surface area contributed by atoms with E-state index in [1.165, 1.54) is 5.56 Å². The van der Waals surface area contributed by atoms with Gasteiger partial charge in [0.2, 0.25) is 0 Å². The number of allylic oxidation sites excluding steroid dienone is 1. The number of esters is 1. The number of rotatable bonds is 0. The lowest BCUT2D eigenvalue weighted by atomic mass is 10.0. The number of ether oxygens (including phenoxy) is 2. The van der Waals surface area contributed by atoms with Crippen molar-refractivity contribution in [2.45, 2.75) is 26.7 Å². The highest BCUT2D eigenvalue weighted by Gasteiger charge is 2.34. The van der Waals surface area contributed by atoms with Gasteiger partial charge in [-0.2, -0.15) is 0 Å². The summed E-state index contributed by atoms with van der Waals surface area (Å²) in [4.78, 5) is 11.8. The van der Waals surface area contributed by atoms with E-state index in [2.05, 4.69) is 96.9 Å². The summed E-state index contributed by atoms with van der Waals surface area (Å²) in [5, 5.41) is 2.03. The molecular formula is C17H12I4O3. The fourth-order valence-corrected chi connectivity index (χ4v) is 5.94. The van der Waals surface area contributed by atoms with Gasteiger partial charge in [-0.05, 0) is 90.4 Å². The molecule has 0 amide bonds. The smallest absolute Gasteiger partial charge is 0.315 e. The van der Waals surface area contributed by atoms with Gasteiger partial charge in [-0.25, -0.2) is 0 Å². The molecule has 2 aromatic carbocycles. The van der Waals surface area contributed by atoms with Gasteiger partial charge in [0.15, 0.2) is 0 Å². The maximum atomic E-state index is 11.8. The second kappa shape index (κ2) is 7.33. The molecule has 2 aliphatic rings. The second-order valence-electron chi connectivity index (χ2n) is 5.09. The third-order valence-corrected chi connectivity index (χ3v) is 10.4. The molecule has 0 radical (unpaired) electrons. The first-order chi connectivity index (χ1) is 11.4. The van der Waals surface area contributed by atoms with E-state index in [-0.39, 0.29) is 5.97 Å². The van der Waals surface area contributed by atoms with Gasteiger partial charge in [0.25, 0.3) is 0 Å². The number of carbonyl (C=O) groups excluding carboxylic acids is 1. The van der Waals surface area contributed by atoms with Crippen molar-refractivity contribution in [3.63, 3.8) is 0 Å². The highest BCUT2D eigenvalue weighted by atomic mass is 127. The molecule has 3 nitrogen and oxygen atoms in total. The summed E-state index contributed by atoms with van der Waals surface area (Å²) >= 11 is 9.33. The topological polar surface area (TPSA) is 35.5 Å². The monoisotopic (exact) mass is 772 g/mol. The first-order valence-electron chi connectivity index (χ1n) is 7.29. The Kier molecular flexibility index (Phi) is 5.92. The van der Waals surface area contributed by atoms with E-state index in [1.807, 2.05) is 13.8 Å². The summed E-state index contributed by atoms with van der Waals surface area (Å²) in [6.45, 7) is 7.97. The molecule has 0 saturated carbocycles. The van der Waals surface area contributed by atoms with Crippen LogP contribution in [-0.2, 0) is 17.6 Å². The standard InChI is InChI=1S/C15H6I4O3.C2H6/c1-4-2-5-10(16)13(19)9-8(14(5)21-4)12(18)11(17)6-3-7(20)22-15(6)9;1-2/h1-3H2;1-2H3. The van der Waals surface area contributed by atoms with Gasteiger partial charge in [0.05, 0.1) is 6.42 Å². The fraction of sp³-hybridized carbons (Fsp3) is 0.235. The molecule has 2 heterocycles. The van der Waals surface area contributed by atoms with Crippen molar-refractivity contribution in [2.75, 3.05) is 0 Å². The van der Waals surface area contributed by atoms with Crippen molar-refractivity contribution in [2.24, 2.45) is 0 Å². The summed E-state index contributed by atoms with van der Waals surface area (Å²) in [6.07, 6.45) is 1.08. The van der Waals surface area contributed by atoms with Crippen molar-refractivity contribution in [3.05, 3.63) is 37.7 Å². The van der Waals surface area contributed by atoms with Crippen molar-refractivity contribution in [3.8, 4) is 11.5 Å². The second-order valence-corrected chi connectivity index (χ2v) is 9.40. The lowest BCUT2D eigenvalue weighted by Gasteiger charge is -2.16. The highest BCUT2D eigenvalue weighted by Crippen LogP contribution is 2.51. The zero-order valence-electron chi connectivity index (χ0n) is 12.9. The summed E-state index contributed by atoms with van der Waals surface area (Å²) in [5.41, 5.74) is 2.17. The Morgan fingerprint density at radius 3 is 1.79 bits per heavy atom. The minimum absolute atomic E-state index is 0.187. The Morgan fingerprint density at radius 2 is 1.25 bits per heavy atom. The molecule has 2 aliphatic heterocycles. The van der Waals surface area contributed by atoms with Crippen LogP contribution in [0.5, 0.6) is 11.5 Å². The zero-order chi connectivity index (χ0) is 17.8. The zero-order valence-corrected chi connectivity index (χ0v) is 21.5. The SMILES string of the molecule is C=C1Cc2c(I)c(I)c3c4c(c(I)c(I)c3c2O1)CC(=O)O4.CC. The maximum absolute atomic E-state index is 11.8. The quantitative estimate of drug-likeness (QED) is 0.182. The first-order valence-corrected chi connectivity index (χ1v) is 11.6. The minimum atomic E-state index is -0.187. The van der Waals surface area contributed by atoms with Crippen molar-refractivity contribution < 1.29 is 14.3 Å². The van der Waals surface area contributed by atoms with E-state index in [1.54, 1.807) is 0 Å². The van der Waals surface area contributed by atoms with Gasteiger partial charge >= 0.3 is 5.97 Å².